The molecule has 0 bridgehead atoms. The number of imidazole rings is 1. The van der Waals surface area contributed by atoms with Gasteiger partial charge in [-0.3, -0.25) is 4.40 Å². The van der Waals surface area contributed by atoms with Crippen LogP contribution in [0.2, 0.25) is 5.02 Å². The van der Waals surface area contributed by atoms with Gasteiger partial charge in [0.25, 0.3) is 0 Å². The summed E-state index contributed by atoms with van der Waals surface area (Å²) in [6.07, 6.45) is 1.75. The Morgan fingerprint density at radius 2 is 2.10 bits per heavy atom. The van der Waals surface area contributed by atoms with Gasteiger partial charge in [-0.05, 0) is 30.3 Å². The van der Waals surface area contributed by atoms with E-state index in [1.54, 1.807) is 23.8 Å². The van der Waals surface area contributed by atoms with Gasteiger partial charge in [0.1, 0.15) is 22.9 Å². The highest BCUT2D eigenvalue weighted by Gasteiger charge is 2.15. The summed E-state index contributed by atoms with van der Waals surface area (Å²) in [5.41, 5.74) is 8.50. The van der Waals surface area contributed by atoms with Gasteiger partial charge in [0, 0.05) is 16.2 Å². The normalized spacial score (nSPS) is 10.9. The monoisotopic (exact) mass is 351 g/mol. The fourth-order valence-electron chi connectivity index (χ4n) is 2.05. The molecule has 0 aliphatic rings. The molecular formula is C14H11BrClN3O. The minimum Gasteiger partial charge on any atom is -0.497 e. The van der Waals surface area contributed by atoms with Gasteiger partial charge in [-0.2, -0.15) is 0 Å². The number of hydrogen-bond acceptors (Lipinski definition) is 3. The highest BCUT2D eigenvalue weighted by atomic mass is 79.9. The van der Waals surface area contributed by atoms with Gasteiger partial charge in [-0.25, -0.2) is 4.98 Å². The number of anilines is 1. The van der Waals surface area contributed by atoms with Crippen molar-refractivity contribution in [3.8, 4) is 17.0 Å². The summed E-state index contributed by atoms with van der Waals surface area (Å²) in [5.74, 6) is 1.29. The predicted octanol–water partition coefficient (Wildman–Crippen LogP) is 4.01. The lowest BCUT2D eigenvalue weighted by Gasteiger charge is -2.06. The first-order chi connectivity index (χ1) is 9.60. The Morgan fingerprint density at radius 3 is 2.85 bits per heavy atom. The Hall–Kier alpha value is -1.72. The first-order valence-corrected chi connectivity index (χ1v) is 7.04. The van der Waals surface area contributed by atoms with E-state index in [2.05, 4.69) is 20.9 Å². The zero-order valence-corrected chi connectivity index (χ0v) is 12.9. The molecule has 3 rings (SSSR count). The number of fused-ring (bicyclic) bond motifs is 1. The number of halogens is 2. The lowest BCUT2D eigenvalue weighted by atomic mass is 10.1. The summed E-state index contributed by atoms with van der Waals surface area (Å²) in [6.45, 7) is 0. The molecule has 0 amide bonds. The number of nitrogen functional groups attached to an aromatic ring is 1. The quantitative estimate of drug-likeness (QED) is 0.758. The highest BCUT2D eigenvalue weighted by Crippen LogP contribution is 2.35. The third-order valence-corrected chi connectivity index (χ3v) is 3.96. The maximum absolute atomic E-state index is 6.18. The van der Waals surface area contributed by atoms with E-state index in [1.165, 1.54) is 0 Å². The number of benzene rings is 1. The van der Waals surface area contributed by atoms with Crippen molar-refractivity contribution in [1.29, 1.82) is 0 Å². The van der Waals surface area contributed by atoms with E-state index in [-0.39, 0.29) is 0 Å². The van der Waals surface area contributed by atoms with Gasteiger partial charge in [0.2, 0.25) is 0 Å². The van der Waals surface area contributed by atoms with Crippen molar-refractivity contribution in [3.05, 3.63) is 46.0 Å². The summed E-state index contributed by atoms with van der Waals surface area (Å²) < 4.78 is 7.92. The molecule has 0 saturated heterocycles. The number of rotatable bonds is 2. The Bertz CT molecular complexity index is 800. The van der Waals surface area contributed by atoms with Crippen LogP contribution in [0.3, 0.4) is 0 Å². The van der Waals surface area contributed by atoms with Crippen molar-refractivity contribution in [2.75, 3.05) is 12.8 Å². The molecule has 0 spiro atoms. The molecule has 0 aliphatic heterocycles. The first kappa shape index (κ1) is 13.3. The maximum Gasteiger partial charge on any atom is 0.139 e. The average Bonchev–Trinajstić information content (AvgIpc) is 2.77. The highest BCUT2D eigenvalue weighted by molar-refractivity contribution is 9.10. The second-order valence-corrected chi connectivity index (χ2v) is 5.56. The van der Waals surface area contributed by atoms with Crippen LogP contribution in [-0.4, -0.2) is 16.5 Å². The molecule has 0 saturated carbocycles. The Balaban J connectivity index is 2.27. The van der Waals surface area contributed by atoms with Crippen LogP contribution in [0.25, 0.3) is 16.9 Å². The number of nitrogens with two attached hydrogens (primary N) is 1. The molecule has 0 fully saturated rings. The van der Waals surface area contributed by atoms with Crippen molar-refractivity contribution in [2.45, 2.75) is 0 Å². The molecule has 4 nitrogen and oxygen atoms in total. The largest absolute Gasteiger partial charge is 0.497 e. The van der Waals surface area contributed by atoms with Crippen LogP contribution in [0.15, 0.2) is 41.0 Å². The van der Waals surface area contributed by atoms with Crippen LogP contribution in [0.1, 0.15) is 0 Å². The molecule has 2 N–H and O–H groups in total. The van der Waals surface area contributed by atoms with Crippen molar-refractivity contribution in [3.63, 3.8) is 0 Å². The van der Waals surface area contributed by atoms with E-state index in [4.69, 9.17) is 22.1 Å². The molecule has 2 heterocycles. The van der Waals surface area contributed by atoms with Crippen LogP contribution in [0.4, 0.5) is 5.82 Å². The predicted molar refractivity (Wildman–Crippen MR) is 84.3 cm³/mol. The summed E-state index contributed by atoms with van der Waals surface area (Å²) in [4.78, 5) is 4.55. The maximum atomic E-state index is 6.18. The summed E-state index contributed by atoms with van der Waals surface area (Å²) >= 11 is 9.51. The van der Waals surface area contributed by atoms with Gasteiger partial charge in [0.05, 0.1) is 12.1 Å². The number of methoxy groups -OCH3 is 1. The number of hydrogen-bond donors (Lipinski definition) is 1. The third-order valence-electron chi connectivity index (χ3n) is 3.05. The molecular weight excluding hydrogens is 342 g/mol. The van der Waals surface area contributed by atoms with Crippen LogP contribution >= 0.6 is 27.5 Å². The van der Waals surface area contributed by atoms with E-state index < -0.39 is 0 Å². The molecule has 20 heavy (non-hydrogen) atoms. The van der Waals surface area contributed by atoms with Crippen molar-refractivity contribution < 1.29 is 4.74 Å². The van der Waals surface area contributed by atoms with E-state index in [1.807, 2.05) is 24.3 Å². The molecule has 1 aromatic carbocycles. The zero-order valence-electron chi connectivity index (χ0n) is 10.6. The Labute approximate surface area is 129 Å². The molecule has 0 atom stereocenters. The fourth-order valence-corrected chi connectivity index (χ4v) is 2.64. The Kier molecular flexibility index (Phi) is 3.31. The minimum atomic E-state index is 0.538. The minimum absolute atomic E-state index is 0.538. The fraction of sp³-hybridized carbons (Fsp3) is 0.0714. The molecule has 102 valence electrons. The van der Waals surface area contributed by atoms with E-state index in [0.717, 1.165) is 21.4 Å². The lowest BCUT2D eigenvalue weighted by molar-refractivity contribution is 0.415. The molecule has 0 unspecified atom stereocenters. The molecule has 0 radical (unpaired) electrons. The second-order valence-electron chi connectivity index (χ2n) is 4.27. The topological polar surface area (TPSA) is 52.5 Å². The second kappa shape index (κ2) is 5.00. The van der Waals surface area contributed by atoms with Gasteiger partial charge in [0.15, 0.2) is 0 Å². The molecule has 6 heteroatoms. The van der Waals surface area contributed by atoms with Crippen LogP contribution in [0, 0.1) is 0 Å². The number of pyridine rings is 1. The third kappa shape index (κ3) is 2.13. The molecule has 0 aliphatic carbocycles. The van der Waals surface area contributed by atoms with Crippen molar-refractivity contribution >= 4 is 39.0 Å². The summed E-state index contributed by atoms with van der Waals surface area (Å²) in [6, 6.07) is 9.29. The number of ether oxygens (including phenoxy) is 1. The number of aromatic nitrogens is 2. The van der Waals surface area contributed by atoms with Crippen LogP contribution in [-0.2, 0) is 0 Å². The van der Waals surface area contributed by atoms with Gasteiger partial charge in [-0.15, -0.1) is 0 Å². The first-order valence-electron chi connectivity index (χ1n) is 5.87. The van der Waals surface area contributed by atoms with Crippen molar-refractivity contribution in [1.82, 2.24) is 9.38 Å². The smallest absolute Gasteiger partial charge is 0.139 e. The lowest BCUT2D eigenvalue weighted by Crippen LogP contribution is -1.94. The van der Waals surface area contributed by atoms with E-state index in [0.29, 0.717) is 16.5 Å². The van der Waals surface area contributed by atoms with Crippen molar-refractivity contribution in [2.24, 2.45) is 0 Å². The Morgan fingerprint density at radius 1 is 1.30 bits per heavy atom. The molecule has 3 aromatic rings. The van der Waals surface area contributed by atoms with Crippen LogP contribution in [0.5, 0.6) is 5.75 Å². The average molecular weight is 353 g/mol. The summed E-state index contributed by atoms with van der Waals surface area (Å²) in [7, 11) is 1.62. The van der Waals surface area contributed by atoms with Gasteiger partial charge in [-0.1, -0.05) is 27.5 Å². The number of nitrogens with zero attached hydrogens (tertiary/aromatic N) is 2. The zero-order chi connectivity index (χ0) is 14.3. The van der Waals surface area contributed by atoms with Gasteiger partial charge < -0.3 is 10.5 Å². The van der Waals surface area contributed by atoms with E-state index >= 15 is 0 Å². The standard InChI is InChI=1S/C14H11BrClN3O/c1-20-9-3-4-11(15)10(6-9)13-14(17)19-7-8(16)2-5-12(19)18-13/h2-7H,17H2,1H3. The molecule has 2 aromatic heterocycles. The van der Waals surface area contributed by atoms with Gasteiger partial charge >= 0.3 is 0 Å². The SMILES string of the molecule is COc1ccc(Br)c(-c2nc3ccc(Cl)cn3c2N)c1. The summed E-state index contributed by atoms with van der Waals surface area (Å²) in [5, 5.41) is 0.609. The van der Waals surface area contributed by atoms with E-state index in [9.17, 15) is 0 Å². The van der Waals surface area contributed by atoms with Crippen LogP contribution < -0.4 is 10.5 Å².